The van der Waals surface area contributed by atoms with E-state index in [0.717, 1.165) is 0 Å². The molecule has 8 atom stereocenters. The molecule has 0 radical (unpaired) electrons. The number of ether oxygens (including phenoxy) is 1. The van der Waals surface area contributed by atoms with Gasteiger partial charge in [0.1, 0.15) is 6.17 Å². The van der Waals surface area contributed by atoms with E-state index in [1.54, 1.807) is 4.90 Å². The Morgan fingerprint density at radius 3 is 2.56 bits per heavy atom. The van der Waals surface area contributed by atoms with Gasteiger partial charge in [0, 0.05) is 54.9 Å². The van der Waals surface area contributed by atoms with Crippen molar-refractivity contribution >= 4 is 33.7 Å². The number of rotatable bonds is 5. The Morgan fingerprint density at radius 1 is 1.10 bits per heavy atom. The predicted molar refractivity (Wildman–Crippen MR) is 137 cm³/mol. The lowest BCUT2D eigenvalue weighted by Gasteiger charge is -2.45. The molecule has 39 heavy (non-hydrogen) atoms. The number of carbonyl (C=O) groups is 3. The SMILES string of the molecule is O=C1NC2C(F)CCCC2C(C(=O)N[C@@H]2CCN(C3C(C(=O)N4CCOCC4)CC(Br)CC3C(F)F)C2)=C1F. The van der Waals surface area contributed by atoms with E-state index >= 15 is 0 Å². The van der Waals surface area contributed by atoms with Gasteiger partial charge in [0.25, 0.3) is 11.8 Å². The number of nitrogens with one attached hydrogen (secondary N) is 2. The molecule has 2 saturated heterocycles. The first-order valence-corrected chi connectivity index (χ1v) is 14.8. The summed E-state index contributed by atoms with van der Waals surface area (Å²) in [4.78, 5) is 42.2. The molecule has 3 heterocycles. The number of nitrogens with zero attached hydrogens (tertiary/aromatic N) is 2. The molecular formula is C26H35BrF4N4O4. The van der Waals surface area contributed by atoms with Gasteiger partial charge in [-0.3, -0.25) is 19.3 Å². The number of halogens is 5. The minimum absolute atomic E-state index is 0.157. The summed E-state index contributed by atoms with van der Waals surface area (Å²) < 4.78 is 63.3. The zero-order chi connectivity index (χ0) is 27.8. The van der Waals surface area contributed by atoms with Gasteiger partial charge in [-0.25, -0.2) is 17.6 Å². The second-order valence-electron chi connectivity index (χ2n) is 11.3. The van der Waals surface area contributed by atoms with Crippen molar-refractivity contribution in [3.05, 3.63) is 11.4 Å². The highest BCUT2D eigenvalue weighted by Crippen LogP contribution is 2.42. The summed E-state index contributed by atoms with van der Waals surface area (Å²) in [6.07, 6.45) is -1.80. The van der Waals surface area contributed by atoms with Crippen molar-refractivity contribution in [2.24, 2.45) is 17.8 Å². The standard InChI is InChI=1S/C26H35BrF4N4O4/c27-13-10-16(23(30)31)22(17(11-13)26(38)34-6-8-39-9-7-34)35-5-4-14(12-35)32-24(36)19-15-2-1-3-18(28)21(15)33-25(37)20(19)29/h13-18,21-23H,1-12H2,(H,32,36)(H,33,37)/t13?,14-,15?,16?,17?,18?,21?,22?/m1/s1. The molecular weight excluding hydrogens is 588 g/mol. The Labute approximate surface area is 233 Å². The Balaban J connectivity index is 1.31. The van der Waals surface area contributed by atoms with Crippen molar-refractivity contribution < 1.29 is 36.7 Å². The Bertz CT molecular complexity index is 997. The molecule has 2 N–H and O–H groups in total. The summed E-state index contributed by atoms with van der Waals surface area (Å²) in [5.41, 5.74) is -0.324. The quantitative estimate of drug-likeness (QED) is 0.363. The van der Waals surface area contributed by atoms with Gasteiger partial charge >= 0.3 is 0 Å². The second kappa shape index (κ2) is 12.0. The van der Waals surface area contributed by atoms with Gasteiger partial charge in [0.2, 0.25) is 12.3 Å². The molecule has 0 spiro atoms. The van der Waals surface area contributed by atoms with Crippen LogP contribution in [0, 0.1) is 17.8 Å². The van der Waals surface area contributed by atoms with E-state index in [9.17, 15) is 31.9 Å². The van der Waals surface area contributed by atoms with E-state index < -0.39 is 66.1 Å². The Hall–Kier alpha value is -1.73. The molecule has 4 fully saturated rings. The molecule has 0 aromatic heterocycles. The predicted octanol–water partition coefficient (Wildman–Crippen LogP) is 2.32. The molecule has 2 aliphatic carbocycles. The van der Waals surface area contributed by atoms with E-state index in [4.69, 9.17) is 4.74 Å². The maximum absolute atomic E-state index is 14.9. The smallest absolute Gasteiger partial charge is 0.280 e. The number of carbonyl (C=O) groups excluding carboxylic acids is 3. The van der Waals surface area contributed by atoms with Crippen molar-refractivity contribution in [3.63, 3.8) is 0 Å². The maximum Gasteiger partial charge on any atom is 0.280 e. The van der Waals surface area contributed by atoms with Crippen LogP contribution in [0.2, 0.25) is 0 Å². The zero-order valence-electron chi connectivity index (χ0n) is 21.6. The van der Waals surface area contributed by atoms with Crippen molar-refractivity contribution in [3.8, 4) is 0 Å². The third kappa shape index (κ3) is 5.86. The monoisotopic (exact) mass is 622 g/mol. The lowest BCUT2D eigenvalue weighted by atomic mass is 9.75. The van der Waals surface area contributed by atoms with E-state index in [0.29, 0.717) is 58.5 Å². The van der Waals surface area contributed by atoms with Crippen LogP contribution in [-0.2, 0) is 19.1 Å². The fourth-order valence-corrected chi connectivity index (χ4v) is 7.99. The highest BCUT2D eigenvalue weighted by atomic mass is 79.9. The molecule has 13 heteroatoms. The molecule has 0 aromatic rings. The average Bonchev–Trinajstić information content (AvgIpc) is 3.37. The third-order valence-corrected chi connectivity index (χ3v) is 9.74. The second-order valence-corrected chi connectivity index (χ2v) is 12.6. The first-order valence-electron chi connectivity index (χ1n) is 13.8. The van der Waals surface area contributed by atoms with E-state index in [1.165, 1.54) is 0 Å². The van der Waals surface area contributed by atoms with Crippen molar-refractivity contribution in [1.29, 1.82) is 0 Å². The van der Waals surface area contributed by atoms with Gasteiger partial charge in [-0.1, -0.05) is 15.9 Å². The number of alkyl halides is 4. The van der Waals surface area contributed by atoms with Crippen LogP contribution in [0.4, 0.5) is 17.6 Å². The molecule has 5 rings (SSSR count). The van der Waals surface area contributed by atoms with Gasteiger partial charge < -0.3 is 20.3 Å². The van der Waals surface area contributed by atoms with Gasteiger partial charge in [-0.2, -0.15) is 0 Å². The zero-order valence-corrected chi connectivity index (χ0v) is 23.2. The third-order valence-electron chi connectivity index (χ3n) is 9.00. The van der Waals surface area contributed by atoms with Crippen LogP contribution in [0.5, 0.6) is 0 Å². The van der Waals surface area contributed by atoms with Crippen molar-refractivity contribution in [2.45, 2.75) is 74.1 Å². The normalized spacial score (nSPS) is 38.0. The molecule has 3 aliphatic heterocycles. The van der Waals surface area contributed by atoms with Gasteiger partial charge in [0.15, 0.2) is 5.83 Å². The van der Waals surface area contributed by atoms with E-state index in [1.807, 2.05) is 4.90 Å². The minimum atomic E-state index is -2.62. The highest BCUT2D eigenvalue weighted by molar-refractivity contribution is 9.09. The minimum Gasteiger partial charge on any atom is -0.378 e. The van der Waals surface area contributed by atoms with Crippen LogP contribution < -0.4 is 10.6 Å². The highest BCUT2D eigenvalue weighted by Gasteiger charge is 2.50. The number of fused-ring (bicyclic) bond motifs is 1. The van der Waals surface area contributed by atoms with Crippen LogP contribution in [0.1, 0.15) is 38.5 Å². The summed E-state index contributed by atoms with van der Waals surface area (Å²) >= 11 is 3.49. The van der Waals surface area contributed by atoms with Crippen LogP contribution in [-0.4, -0.2) is 102 Å². The van der Waals surface area contributed by atoms with Crippen LogP contribution in [0.15, 0.2) is 11.4 Å². The first kappa shape index (κ1) is 28.8. The van der Waals surface area contributed by atoms with E-state index in [-0.39, 0.29) is 35.7 Å². The van der Waals surface area contributed by atoms with Gasteiger partial charge in [-0.05, 0) is 38.5 Å². The maximum atomic E-state index is 14.9. The van der Waals surface area contributed by atoms with Gasteiger partial charge in [-0.15, -0.1) is 0 Å². The van der Waals surface area contributed by atoms with Crippen LogP contribution in [0.3, 0.4) is 0 Å². The summed E-state index contributed by atoms with van der Waals surface area (Å²) in [5, 5.41) is 5.14. The lowest BCUT2D eigenvalue weighted by molar-refractivity contribution is -0.146. The summed E-state index contributed by atoms with van der Waals surface area (Å²) in [6.45, 7) is 2.27. The first-order chi connectivity index (χ1) is 18.7. The number of morpholine rings is 1. The fourth-order valence-electron chi connectivity index (χ4n) is 7.15. The Kier molecular flexibility index (Phi) is 8.87. The molecule has 0 bridgehead atoms. The molecule has 7 unspecified atom stereocenters. The average molecular weight is 623 g/mol. The van der Waals surface area contributed by atoms with Crippen LogP contribution in [0.25, 0.3) is 0 Å². The number of likely N-dealkylation sites (tertiary alicyclic amines) is 1. The fraction of sp³-hybridized carbons (Fsp3) is 0.808. The molecule has 3 amide bonds. The lowest BCUT2D eigenvalue weighted by Crippen LogP contribution is -2.57. The molecule has 218 valence electrons. The largest absolute Gasteiger partial charge is 0.378 e. The molecule has 5 aliphatic rings. The molecule has 0 aromatic carbocycles. The van der Waals surface area contributed by atoms with E-state index in [2.05, 4.69) is 26.6 Å². The number of hydrogen-bond donors (Lipinski definition) is 2. The summed E-state index contributed by atoms with van der Waals surface area (Å²) in [5.74, 6) is -5.61. The van der Waals surface area contributed by atoms with Crippen molar-refractivity contribution in [1.82, 2.24) is 20.4 Å². The number of hydrogen-bond acceptors (Lipinski definition) is 5. The summed E-state index contributed by atoms with van der Waals surface area (Å²) in [6, 6.07) is -2.13. The molecule has 2 saturated carbocycles. The molecule has 8 nitrogen and oxygen atoms in total. The summed E-state index contributed by atoms with van der Waals surface area (Å²) in [7, 11) is 0. The Morgan fingerprint density at radius 2 is 1.85 bits per heavy atom. The number of amides is 3. The van der Waals surface area contributed by atoms with Crippen LogP contribution >= 0.6 is 15.9 Å². The topological polar surface area (TPSA) is 91.0 Å². The van der Waals surface area contributed by atoms with Crippen molar-refractivity contribution in [2.75, 3.05) is 39.4 Å². The van der Waals surface area contributed by atoms with Gasteiger partial charge in [0.05, 0.1) is 30.7 Å².